The van der Waals surface area contributed by atoms with Crippen LogP contribution in [0.4, 0.5) is 11.5 Å². The minimum atomic E-state index is -0.874. The van der Waals surface area contributed by atoms with E-state index in [-0.39, 0.29) is 23.7 Å². The van der Waals surface area contributed by atoms with Crippen LogP contribution in [0, 0.1) is 0 Å². The van der Waals surface area contributed by atoms with Crippen LogP contribution < -0.4 is 16.2 Å². The molecule has 1 aliphatic rings. The molecule has 3 rings (SSSR count). The summed E-state index contributed by atoms with van der Waals surface area (Å²) >= 11 is 1.36. The molecular formula is C18H20N4O3S. The SMILES string of the molecule is CCSc1nc2c(c(=O)[nH]1)[C@H](C(=O)Nc1ccc(CC)cc1)CC(=O)N2. The third-order valence-corrected chi connectivity index (χ3v) is 4.91. The Morgan fingerprint density at radius 2 is 2.00 bits per heavy atom. The van der Waals surface area contributed by atoms with E-state index in [9.17, 15) is 14.4 Å². The van der Waals surface area contributed by atoms with Gasteiger partial charge in [0.1, 0.15) is 5.82 Å². The van der Waals surface area contributed by atoms with Crippen LogP contribution >= 0.6 is 11.8 Å². The van der Waals surface area contributed by atoms with E-state index >= 15 is 0 Å². The Morgan fingerprint density at radius 3 is 2.65 bits per heavy atom. The van der Waals surface area contributed by atoms with Gasteiger partial charge in [-0.2, -0.15) is 0 Å². The molecule has 0 aliphatic carbocycles. The summed E-state index contributed by atoms with van der Waals surface area (Å²) in [6, 6.07) is 7.48. The molecule has 26 heavy (non-hydrogen) atoms. The molecule has 0 saturated heterocycles. The number of aromatic nitrogens is 2. The lowest BCUT2D eigenvalue weighted by Crippen LogP contribution is -2.36. The van der Waals surface area contributed by atoms with Gasteiger partial charge in [-0.3, -0.25) is 14.4 Å². The average Bonchev–Trinajstić information content (AvgIpc) is 2.61. The van der Waals surface area contributed by atoms with Crippen molar-refractivity contribution in [2.75, 3.05) is 16.4 Å². The fourth-order valence-corrected chi connectivity index (χ4v) is 3.43. The number of anilines is 2. The van der Waals surface area contributed by atoms with Crippen LogP contribution in [0.3, 0.4) is 0 Å². The van der Waals surface area contributed by atoms with Crippen molar-refractivity contribution in [3.05, 3.63) is 45.7 Å². The van der Waals surface area contributed by atoms with Gasteiger partial charge in [-0.25, -0.2) is 4.98 Å². The highest BCUT2D eigenvalue weighted by Gasteiger charge is 2.34. The highest BCUT2D eigenvalue weighted by atomic mass is 32.2. The highest BCUT2D eigenvalue weighted by molar-refractivity contribution is 7.99. The molecule has 0 fully saturated rings. The summed E-state index contributed by atoms with van der Waals surface area (Å²) in [5.41, 5.74) is 1.59. The van der Waals surface area contributed by atoms with Gasteiger partial charge in [0, 0.05) is 12.1 Å². The third kappa shape index (κ3) is 3.80. The standard InChI is InChI=1S/C18H20N4O3S/c1-3-10-5-7-11(8-6-10)19-16(24)12-9-13(23)20-15-14(12)17(25)22-18(21-15)26-4-2/h5-8,12H,3-4,9H2,1-2H3,(H,19,24)(H2,20,21,22,23,25)/t12-/m1/s1. The van der Waals surface area contributed by atoms with Crippen LogP contribution in [0.5, 0.6) is 0 Å². The van der Waals surface area contributed by atoms with E-state index in [1.165, 1.54) is 11.8 Å². The van der Waals surface area contributed by atoms with Crippen molar-refractivity contribution in [1.29, 1.82) is 0 Å². The molecule has 7 nitrogen and oxygen atoms in total. The molecule has 1 aromatic heterocycles. The van der Waals surface area contributed by atoms with Crippen LogP contribution in [0.15, 0.2) is 34.2 Å². The average molecular weight is 372 g/mol. The molecule has 0 unspecified atom stereocenters. The van der Waals surface area contributed by atoms with E-state index in [0.29, 0.717) is 10.8 Å². The zero-order valence-electron chi connectivity index (χ0n) is 14.6. The molecule has 0 spiro atoms. The summed E-state index contributed by atoms with van der Waals surface area (Å²) in [7, 11) is 0. The molecule has 2 amide bonds. The molecule has 0 bridgehead atoms. The van der Waals surface area contributed by atoms with Crippen molar-refractivity contribution in [3.8, 4) is 0 Å². The molecule has 1 aliphatic heterocycles. The fourth-order valence-electron chi connectivity index (χ4n) is 2.83. The number of hydrogen-bond donors (Lipinski definition) is 3. The molecule has 1 aromatic carbocycles. The van der Waals surface area contributed by atoms with Crippen molar-refractivity contribution in [2.45, 2.75) is 37.8 Å². The molecule has 0 saturated carbocycles. The van der Waals surface area contributed by atoms with E-state index in [1.54, 1.807) is 0 Å². The number of fused-ring (bicyclic) bond motifs is 1. The number of H-pyrrole nitrogens is 1. The van der Waals surface area contributed by atoms with Crippen molar-refractivity contribution >= 4 is 35.1 Å². The molecular weight excluding hydrogens is 352 g/mol. The number of rotatable bonds is 5. The Balaban J connectivity index is 1.89. The molecule has 2 aromatic rings. The van der Waals surface area contributed by atoms with Gasteiger partial charge in [0.2, 0.25) is 11.8 Å². The van der Waals surface area contributed by atoms with E-state index in [4.69, 9.17) is 0 Å². The number of nitrogens with one attached hydrogen (secondary N) is 3. The Morgan fingerprint density at radius 1 is 1.27 bits per heavy atom. The van der Waals surface area contributed by atoms with E-state index < -0.39 is 17.4 Å². The summed E-state index contributed by atoms with van der Waals surface area (Å²) in [5, 5.41) is 5.81. The van der Waals surface area contributed by atoms with Gasteiger partial charge < -0.3 is 15.6 Å². The second kappa shape index (κ2) is 7.74. The Kier molecular flexibility index (Phi) is 5.41. The van der Waals surface area contributed by atoms with E-state index in [1.807, 2.05) is 31.2 Å². The minimum Gasteiger partial charge on any atom is -0.326 e. The van der Waals surface area contributed by atoms with Gasteiger partial charge in [0.25, 0.3) is 5.56 Å². The second-order valence-corrected chi connectivity index (χ2v) is 7.16. The van der Waals surface area contributed by atoms with Gasteiger partial charge in [-0.15, -0.1) is 0 Å². The van der Waals surface area contributed by atoms with Gasteiger partial charge >= 0.3 is 0 Å². The van der Waals surface area contributed by atoms with E-state index in [2.05, 4.69) is 27.5 Å². The maximum Gasteiger partial charge on any atom is 0.257 e. The summed E-state index contributed by atoms with van der Waals surface area (Å²) < 4.78 is 0. The number of aryl methyl sites for hydroxylation is 1. The van der Waals surface area contributed by atoms with Gasteiger partial charge in [-0.1, -0.05) is 37.7 Å². The van der Waals surface area contributed by atoms with Crippen molar-refractivity contribution in [1.82, 2.24) is 9.97 Å². The lowest BCUT2D eigenvalue weighted by atomic mass is 9.92. The summed E-state index contributed by atoms with van der Waals surface area (Å²) in [6.45, 7) is 3.98. The number of amides is 2. The quantitative estimate of drug-likeness (QED) is 0.553. The zero-order chi connectivity index (χ0) is 18.7. The lowest BCUT2D eigenvalue weighted by Gasteiger charge is -2.23. The third-order valence-electron chi connectivity index (χ3n) is 4.16. The maximum absolute atomic E-state index is 12.7. The predicted molar refractivity (Wildman–Crippen MR) is 102 cm³/mol. The largest absolute Gasteiger partial charge is 0.326 e. The lowest BCUT2D eigenvalue weighted by molar-refractivity contribution is -0.123. The van der Waals surface area contributed by atoms with Gasteiger partial charge in [0.05, 0.1) is 11.5 Å². The van der Waals surface area contributed by atoms with Crippen LogP contribution in [0.2, 0.25) is 0 Å². The number of nitrogens with zero attached hydrogens (tertiary/aromatic N) is 1. The number of hydrogen-bond acceptors (Lipinski definition) is 5. The first kappa shape index (κ1) is 18.2. The summed E-state index contributed by atoms with van der Waals surface area (Å²) in [6.07, 6.45) is 0.820. The Bertz CT molecular complexity index is 892. The van der Waals surface area contributed by atoms with Crippen LogP contribution in [-0.2, 0) is 16.0 Å². The molecule has 2 heterocycles. The molecule has 0 radical (unpaired) electrons. The fraction of sp³-hybridized carbons (Fsp3) is 0.333. The Labute approximate surface area is 155 Å². The zero-order valence-corrected chi connectivity index (χ0v) is 15.4. The minimum absolute atomic E-state index is 0.0864. The van der Waals surface area contributed by atoms with Crippen molar-refractivity contribution in [3.63, 3.8) is 0 Å². The van der Waals surface area contributed by atoms with Crippen LogP contribution in [0.1, 0.15) is 37.3 Å². The topological polar surface area (TPSA) is 104 Å². The first-order valence-electron chi connectivity index (χ1n) is 8.48. The first-order valence-corrected chi connectivity index (χ1v) is 9.47. The van der Waals surface area contributed by atoms with Gasteiger partial charge in [-0.05, 0) is 29.9 Å². The summed E-state index contributed by atoms with van der Waals surface area (Å²) in [5.74, 6) is -0.699. The van der Waals surface area contributed by atoms with E-state index in [0.717, 1.165) is 17.7 Å². The normalized spacial score (nSPS) is 15.9. The van der Waals surface area contributed by atoms with Gasteiger partial charge in [0.15, 0.2) is 5.16 Å². The number of thioether (sulfide) groups is 1. The molecule has 8 heteroatoms. The number of carbonyl (C=O) groups excluding carboxylic acids is 2. The maximum atomic E-state index is 12.7. The smallest absolute Gasteiger partial charge is 0.257 e. The van der Waals surface area contributed by atoms with Crippen LogP contribution in [-0.4, -0.2) is 27.5 Å². The Hall–Kier alpha value is -2.61. The highest BCUT2D eigenvalue weighted by Crippen LogP contribution is 2.30. The molecule has 136 valence electrons. The second-order valence-electron chi connectivity index (χ2n) is 5.91. The monoisotopic (exact) mass is 372 g/mol. The van der Waals surface area contributed by atoms with Crippen molar-refractivity contribution < 1.29 is 9.59 Å². The number of aromatic amines is 1. The first-order chi connectivity index (χ1) is 12.5. The molecule has 1 atom stereocenters. The summed E-state index contributed by atoms with van der Waals surface area (Å²) in [4.78, 5) is 44.2. The van der Waals surface area contributed by atoms with Crippen LogP contribution in [0.25, 0.3) is 0 Å². The number of benzene rings is 1. The number of carbonyl (C=O) groups is 2. The predicted octanol–water partition coefficient (Wildman–Crippen LogP) is 2.51. The molecule has 3 N–H and O–H groups in total. The van der Waals surface area contributed by atoms with Crippen molar-refractivity contribution in [2.24, 2.45) is 0 Å².